The van der Waals surface area contributed by atoms with E-state index >= 15 is 0 Å². The number of aromatic nitrogens is 1. The molecule has 1 aromatic heterocycles. The van der Waals surface area contributed by atoms with Crippen LogP contribution in [0.15, 0.2) is 53.9 Å². The SMILES string of the molecule is CCOc1ccc(NC(=O)Cc2csc(-c3cccc(CN4CCN(C)CC4)c3)n2)cc1. The van der Waals surface area contributed by atoms with Crippen molar-refractivity contribution in [2.75, 3.05) is 45.2 Å². The van der Waals surface area contributed by atoms with Gasteiger partial charge in [-0.2, -0.15) is 0 Å². The van der Waals surface area contributed by atoms with Crippen molar-refractivity contribution in [2.24, 2.45) is 0 Å². The van der Waals surface area contributed by atoms with Crippen LogP contribution in [-0.4, -0.2) is 60.5 Å². The van der Waals surface area contributed by atoms with Crippen LogP contribution >= 0.6 is 11.3 Å². The van der Waals surface area contributed by atoms with Crippen molar-refractivity contribution >= 4 is 22.9 Å². The summed E-state index contributed by atoms with van der Waals surface area (Å²) in [5, 5.41) is 5.85. The summed E-state index contributed by atoms with van der Waals surface area (Å²) in [5.74, 6) is 0.722. The fraction of sp³-hybridized carbons (Fsp3) is 0.360. The van der Waals surface area contributed by atoms with Crippen molar-refractivity contribution in [1.82, 2.24) is 14.8 Å². The summed E-state index contributed by atoms with van der Waals surface area (Å²) in [6.07, 6.45) is 0.255. The number of carbonyl (C=O) groups is 1. The van der Waals surface area contributed by atoms with E-state index in [1.165, 1.54) is 5.56 Å². The molecule has 0 aliphatic carbocycles. The highest BCUT2D eigenvalue weighted by atomic mass is 32.1. The van der Waals surface area contributed by atoms with Crippen LogP contribution in [0.1, 0.15) is 18.2 Å². The van der Waals surface area contributed by atoms with Crippen LogP contribution in [0.4, 0.5) is 5.69 Å². The molecule has 1 saturated heterocycles. The molecule has 0 atom stereocenters. The average molecular weight is 451 g/mol. The molecule has 0 saturated carbocycles. The Morgan fingerprint density at radius 2 is 1.91 bits per heavy atom. The number of anilines is 1. The minimum Gasteiger partial charge on any atom is -0.494 e. The van der Waals surface area contributed by atoms with Gasteiger partial charge in [0.1, 0.15) is 10.8 Å². The van der Waals surface area contributed by atoms with Gasteiger partial charge in [-0.25, -0.2) is 4.98 Å². The second-order valence-corrected chi connectivity index (χ2v) is 8.96. The number of likely N-dealkylation sites (N-methyl/N-ethyl adjacent to an activating group) is 1. The maximum Gasteiger partial charge on any atom is 0.230 e. The van der Waals surface area contributed by atoms with Gasteiger partial charge in [-0.3, -0.25) is 9.69 Å². The molecule has 168 valence electrons. The Kier molecular flexibility index (Phi) is 7.52. The van der Waals surface area contributed by atoms with Crippen LogP contribution in [0.5, 0.6) is 5.75 Å². The molecular formula is C25H30N4O2S. The summed E-state index contributed by atoms with van der Waals surface area (Å²) in [5.41, 5.74) is 3.96. The maximum absolute atomic E-state index is 12.5. The molecule has 0 bridgehead atoms. The molecule has 1 amide bonds. The minimum atomic E-state index is -0.0742. The molecule has 0 radical (unpaired) electrons. The normalized spacial score (nSPS) is 14.9. The van der Waals surface area contributed by atoms with Crippen molar-refractivity contribution in [2.45, 2.75) is 19.9 Å². The first kappa shape index (κ1) is 22.5. The van der Waals surface area contributed by atoms with Crippen molar-refractivity contribution in [3.8, 4) is 16.3 Å². The Hall–Kier alpha value is -2.74. The van der Waals surface area contributed by atoms with Gasteiger partial charge in [-0.15, -0.1) is 11.3 Å². The average Bonchev–Trinajstić information content (AvgIpc) is 3.25. The highest BCUT2D eigenvalue weighted by Crippen LogP contribution is 2.25. The van der Waals surface area contributed by atoms with Gasteiger partial charge >= 0.3 is 0 Å². The summed E-state index contributed by atoms with van der Waals surface area (Å²) < 4.78 is 5.44. The third-order valence-corrected chi connectivity index (χ3v) is 6.46. The first-order valence-corrected chi connectivity index (χ1v) is 11.9. The second kappa shape index (κ2) is 10.7. The van der Waals surface area contributed by atoms with Gasteiger partial charge in [0, 0.05) is 49.4 Å². The van der Waals surface area contributed by atoms with E-state index in [1.807, 2.05) is 36.6 Å². The predicted octanol–water partition coefficient (Wildman–Crippen LogP) is 4.14. The monoisotopic (exact) mass is 450 g/mol. The Balaban J connectivity index is 1.34. The van der Waals surface area contributed by atoms with Crippen LogP contribution in [0.3, 0.4) is 0 Å². The summed E-state index contributed by atoms with van der Waals surface area (Å²) in [4.78, 5) is 22.0. The van der Waals surface area contributed by atoms with Crippen molar-refractivity contribution in [1.29, 1.82) is 0 Å². The molecule has 2 heterocycles. The van der Waals surface area contributed by atoms with Gasteiger partial charge < -0.3 is 15.0 Å². The van der Waals surface area contributed by atoms with Gasteiger partial charge in [0.25, 0.3) is 0 Å². The molecule has 1 fully saturated rings. The lowest BCUT2D eigenvalue weighted by molar-refractivity contribution is -0.115. The molecule has 3 aromatic rings. The number of benzene rings is 2. The van der Waals surface area contributed by atoms with Crippen LogP contribution in [0.25, 0.3) is 10.6 Å². The molecule has 7 heteroatoms. The molecule has 1 aliphatic rings. The fourth-order valence-corrected chi connectivity index (χ4v) is 4.58. The van der Waals surface area contributed by atoms with E-state index in [9.17, 15) is 4.79 Å². The number of thiazole rings is 1. The number of nitrogens with one attached hydrogen (secondary N) is 1. The zero-order valence-corrected chi connectivity index (χ0v) is 19.5. The number of hydrogen-bond acceptors (Lipinski definition) is 6. The number of amides is 1. The van der Waals surface area contributed by atoms with E-state index in [2.05, 4.69) is 46.4 Å². The molecule has 2 aromatic carbocycles. The van der Waals surface area contributed by atoms with Gasteiger partial charge in [-0.05, 0) is 49.9 Å². The molecule has 1 aliphatic heterocycles. The second-order valence-electron chi connectivity index (χ2n) is 8.11. The van der Waals surface area contributed by atoms with Crippen LogP contribution in [0, 0.1) is 0 Å². The van der Waals surface area contributed by atoms with Crippen molar-refractivity contribution in [3.63, 3.8) is 0 Å². The Bertz CT molecular complexity index is 1030. The topological polar surface area (TPSA) is 57.7 Å². The molecule has 4 rings (SSSR count). The summed E-state index contributed by atoms with van der Waals surface area (Å²) in [6.45, 7) is 7.97. The lowest BCUT2D eigenvalue weighted by Gasteiger charge is -2.32. The summed E-state index contributed by atoms with van der Waals surface area (Å²) >= 11 is 1.59. The Labute approximate surface area is 193 Å². The number of carbonyl (C=O) groups excluding carboxylic acids is 1. The van der Waals surface area contributed by atoms with E-state index in [0.717, 1.165) is 60.4 Å². The highest BCUT2D eigenvalue weighted by molar-refractivity contribution is 7.13. The van der Waals surface area contributed by atoms with Crippen LogP contribution < -0.4 is 10.1 Å². The first-order valence-electron chi connectivity index (χ1n) is 11.1. The van der Waals surface area contributed by atoms with Gasteiger partial charge in [-0.1, -0.05) is 18.2 Å². The van der Waals surface area contributed by atoms with E-state index in [0.29, 0.717) is 6.61 Å². The third kappa shape index (κ3) is 6.16. The minimum absolute atomic E-state index is 0.0742. The molecule has 6 nitrogen and oxygen atoms in total. The largest absolute Gasteiger partial charge is 0.494 e. The Morgan fingerprint density at radius 1 is 1.12 bits per heavy atom. The molecule has 0 spiro atoms. The molecule has 32 heavy (non-hydrogen) atoms. The lowest BCUT2D eigenvalue weighted by atomic mass is 10.1. The molecule has 1 N–H and O–H groups in total. The Morgan fingerprint density at radius 3 is 2.66 bits per heavy atom. The van der Waals surface area contributed by atoms with Crippen molar-refractivity contribution < 1.29 is 9.53 Å². The van der Waals surface area contributed by atoms with Gasteiger partial charge in [0.05, 0.1) is 18.7 Å². The molecule has 0 unspecified atom stereocenters. The maximum atomic E-state index is 12.5. The zero-order valence-electron chi connectivity index (χ0n) is 18.7. The van der Waals surface area contributed by atoms with E-state index in [-0.39, 0.29) is 12.3 Å². The quantitative estimate of drug-likeness (QED) is 0.559. The number of nitrogens with zero attached hydrogens (tertiary/aromatic N) is 3. The summed E-state index contributed by atoms with van der Waals surface area (Å²) in [7, 11) is 2.18. The summed E-state index contributed by atoms with van der Waals surface area (Å²) in [6, 6.07) is 16.0. The van der Waals surface area contributed by atoms with Crippen LogP contribution in [0.2, 0.25) is 0 Å². The lowest BCUT2D eigenvalue weighted by Crippen LogP contribution is -2.43. The van der Waals surface area contributed by atoms with Gasteiger partial charge in [0.15, 0.2) is 0 Å². The smallest absolute Gasteiger partial charge is 0.230 e. The number of piperazine rings is 1. The van der Waals surface area contributed by atoms with Crippen molar-refractivity contribution in [3.05, 3.63) is 65.2 Å². The number of ether oxygens (including phenoxy) is 1. The zero-order chi connectivity index (χ0) is 22.3. The van der Waals surface area contributed by atoms with Gasteiger partial charge in [0.2, 0.25) is 5.91 Å². The third-order valence-electron chi connectivity index (χ3n) is 5.52. The fourth-order valence-electron chi connectivity index (χ4n) is 3.76. The van der Waals surface area contributed by atoms with Crippen LogP contribution in [-0.2, 0) is 17.8 Å². The number of hydrogen-bond donors (Lipinski definition) is 1. The van der Waals surface area contributed by atoms with E-state index in [1.54, 1.807) is 11.3 Å². The first-order chi connectivity index (χ1) is 15.6. The predicted molar refractivity (Wildman–Crippen MR) is 130 cm³/mol. The van der Waals surface area contributed by atoms with E-state index in [4.69, 9.17) is 9.72 Å². The van der Waals surface area contributed by atoms with E-state index < -0.39 is 0 Å². The number of rotatable bonds is 8. The molecular weight excluding hydrogens is 420 g/mol. The highest BCUT2D eigenvalue weighted by Gasteiger charge is 2.15. The standard InChI is InChI=1S/C25H30N4O2S/c1-3-31-23-9-7-21(8-10-23)26-24(30)16-22-18-32-25(27-22)20-6-4-5-19(15-20)17-29-13-11-28(2)12-14-29/h4-10,15,18H,3,11-14,16-17H2,1-2H3,(H,26,30).